The lowest BCUT2D eigenvalue weighted by atomic mass is 10.3. The van der Waals surface area contributed by atoms with Crippen molar-refractivity contribution >= 4 is 45.8 Å². The van der Waals surface area contributed by atoms with Crippen LogP contribution >= 0.6 is 34.8 Å². The van der Waals surface area contributed by atoms with Gasteiger partial charge in [-0.1, -0.05) is 13.8 Å². The van der Waals surface area contributed by atoms with Gasteiger partial charge in [-0.15, -0.1) is 0 Å². The first-order chi connectivity index (χ1) is 8.65. The molecule has 0 aliphatic carbocycles. The zero-order chi connectivity index (χ0) is 13.1. The Morgan fingerprint density at radius 2 is 2.06 bits per heavy atom. The molecular formula is C13H18IN3S. The summed E-state index contributed by atoms with van der Waals surface area (Å²) in [4.78, 5) is 5.69. The Bertz CT molecular complexity index is 583. The molecule has 0 aliphatic rings. The number of nitrogens with one attached hydrogen (secondary N) is 1. The van der Waals surface area contributed by atoms with Gasteiger partial charge in [0.2, 0.25) is 0 Å². The third-order valence-electron chi connectivity index (χ3n) is 3.27. The third-order valence-corrected chi connectivity index (χ3v) is 4.26. The second-order valence-corrected chi connectivity index (χ2v) is 5.90. The number of hydrogen-bond acceptors (Lipinski definition) is 2. The number of imidazole rings is 1. The first-order valence-electron chi connectivity index (χ1n) is 6.26. The Morgan fingerprint density at radius 3 is 2.72 bits per heavy atom. The van der Waals surface area contributed by atoms with E-state index in [2.05, 4.69) is 69.1 Å². The van der Waals surface area contributed by atoms with E-state index in [0.717, 1.165) is 36.5 Å². The second-order valence-electron chi connectivity index (χ2n) is 4.27. The average molecular weight is 375 g/mol. The number of rotatable bonds is 5. The number of H-pyrrole nitrogens is 1. The summed E-state index contributed by atoms with van der Waals surface area (Å²) >= 11 is 7.73. The lowest BCUT2D eigenvalue weighted by molar-refractivity contribution is 0.291. The molecule has 2 rings (SSSR count). The molecule has 0 saturated carbocycles. The Kier molecular flexibility index (Phi) is 4.80. The summed E-state index contributed by atoms with van der Waals surface area (Å²) in [5, 5.41) is 0. The molecule has 98 valence electrons. The van der Waals surface area contributed by atoms with Crippen molar-refractivity contribution in [2.75, 3.05) is 19.6 Å². The average Bonchev–Trinajstić information content (AvgIpc) is 2.66. The number of benzene rings is 1. The fourth-order valence-electron chi connectivity index (χ4n) is 2.14. The van der Waals surface area contributed by atoms with Crippen LogP contribution in [0.25, 0.3) is 11.0 Å². The quantitative estimate of drug-likeness (QED) is 0.637. The van der Waals surface area contributed by atoms with Gasteiger partial charge in [0.25, 0.3) is 0 Å². The van der Waals surface area contributed by atoms with E-state index in [0.29, 0.717) is 0 Å². The van der Waals surface area contributed by atoms with Gasteiger partial charge in [-0.25, -0.2) is 0 Å². The molecule has 0 bridgehead atoms. The van der Waals surface area contributed by atoms with Crippen LogP contribution in [0.15, 0.2) is 18.2 Å². The summed E-state index contributed by atoms with van der Waals surface area (Å²) in [6, 6.07) is 6.41. The largest absolute Gasteiger partial charge is 0.331 e. The van der Waals surface area contributed by atoms with Crippen molar-refractivity contribution in [3.05, 3.63) is 26.5 Å². The van der Waals surface area contributed by atoms with Crippen LogP contribution in [0.5, 0.6) is 0 Å². The van der Waals surface area contributed by atoms with Crippen LogP contribution in [0.3, 0.4) is 0 Å². The molecule has 1 heterocycles. The van der Waals surface area contributed by atoms with Gasteiger partial charge in [-0.3, -0.25) is 0 Å². The maximum absolute atomic E-state index is 5.41. The molecule has 2 aromatic rings. The minimum absolute atomic E-state index is 0.819. The van der Waals surface area contributed by atoms with Crippen molar-refractivity contribution in [1.82, 2.24) is 14.5 Å². The molecular weight excluding hydrogens is 357 g/mol. The van der Waals surface area contributed by atoms with Gasteiger partial charge in [0.1, 0.15) is 0 Å². The van der Waals surface area contributed by atoms with Crippen LogP contribution in [0, 0.1) is 8.34 Å². The SMILES string of the molecule is CCN(CC)CCn1c(=S)[nH]c2cc(I)ccc21. The molecule has 0 spiro atoms. The van der Waals surface area contributed by atoms with Crippen molar-refractivity contribution in [3.8, 4) is 0 Å². The van der Waals surface area contributed by atoms with E-state index >= 15 is 0 Å². The number of aromatic nitrogens is 2. The van der Waals surface area contributed by atoms with Crippen molar-refractivity contribution in [1.29, 1.82) is 0 Å². The van der Waals surface area contributed by atoms with E-state index < -0.39 is 0 Å². The number of fused-ring (bicyclic) bond motifs is 1. The van der Waals surface area contributed by atoms with E-state index in [-0.39, 0.29) is 0 Å². The summed E-state index contributed by atoms with van der Waals surface area (Å²) in [6.07, 6.45) is 0. The van der Waals surface area contributed by atoms with Gasteiger partial charge in [0, 0.05) is 16.7 Å². The van der Waals surface area contributed by atoms with Gasteiger partial charge in [-0.05, 0) is 66.1 Å². The van der Waals surface area contributed by atoms with Crippen LogP contribution < -0.4 is 0 Å². The summed E-state index contributed by atoms with van der Waals surface area (Å²) < 4.78 is 4.24. The first kappa shape index (κ1) is 14.0. The number of likely N-dealkylation sites (N-methyl/N-ethyl adjacent to an activating group) is 1. The van der Waals surface area contributed by atoms with E-state index in [1.807, 2.05) is 0 Å². The molecule has 5 heteroatoms. The monoisotopic (exact) mass is 375 g/mol. The predicted octanol–water partition coefficient (Wildman–Crippen LogP) is 3.65. The second kappa shape index (κ2) is 6.16. The van der Waals surface area contributed by atoms with E-state index in [1.165, 1.54) is 9.09 Å². The predicted molar refractivity (Wildman–Crippen MR) is 87.6 cm³/mol. The number of nitrogens with zero attached hydrogens (tertiary/aromatic N) is 2. The topological polar surface area (TPSA) is 24.0 Å². The Morgan fingerprint density at radius 1 is 1.33 bits per heavy atom. The molecule has 1 aromatic heterocycles. The van der Waals surface area contributed by atoms with Crippen molar-refractivity contribution in [3.63, 3.8) is 0 Å². The van der Waals surface area contributed by atoms with Crippen LogP contribution in [0.1, 0.15) is 13.8 Å². The van der Waals surface area contributed by atoms with E-state index in [9.17, 15) is 0 Å². The molecule has 0 fully saturated rings. The van der Waals surface area contributed by atoms with E-state index in [1.54, 1.807) is 0 Å². The van der Waals surface area contributed by atoms with Crippen molar-refractivity contribution < 1.29 is 0 Å². The Hall–Kier alpha value is -0.400. The molecule has 0 saturated heterocycles. The van der Waals surface area contributed by atoms with E-state index in [4.69, 9.17) is 12.2 Å². The lowest BCUT2D eigenvalue weighted by Gasteiger charge is -2.18. The molecule has 0 radical (unpaired) electrons. The summed E-state index contributed by atoms with van der Waals surface area (Å²) in [5.74, 6) is 0. The maximum atomic E-state index is 5.41. The summed E-state index contributed by atoms with van der Waals surface area (Å²) in [6.45, 7) is 8.55. The Labute approximate surface area is 126 Å². The zero-order valence-electron chi connectivity index (χ0n) is 10.7. The maximum Gasteiger partial charge on any atom is 0.178 e. The van der Waals surface area contributed by atoms with Crippen LogP contribution in [0.4, 0.5) is 0 Å². The van der Waals surface area contributed by atoms with Gasteiger partial charge < -0.3 is 14.5 Å². The lowest BCUT2D eigenvalue weighted by Crippen LogP contribution is -2.27. The molecule has 0 unspecified atom stereocenters. The molecule has 1 N–H and O–H groups in total. The zero-order valence-corrected chi connectivity index (χ0v) is 13.7. The van der Waals surface area contributed by atoms with Gasteiger partial charge in [-0.2, -0.15) is 0 Å². The summed E-state index contributed by atoms with van der Waals surface area (Å²) in [7, 11) is 0. The fraction of sp³-hybridized carbons (Fsp3) is 0.462. The first-order valence-corrected chi connectivity index (χ1v) is 7.74. The van der Waals surface area contributed by atoms with Gasteiger partial charge >= 0.3 is 0 Å². The highest BCUT2D eigenvalue weighted by molar-refractivity contribution is 14.1. The molecule has 0 amide bonds. The minimum atomic E-state index is 0.819. The highest BCUT2D eigenvalue weighted by Crippen LogP contribution is 2.17. The Balaban J connectivity index is 2.28. The van der Waals surface area contributed by atoms with Crippen LogP contribution in [0.2, 0.25) is 0 Å². The molecule has 18 heavy (non-hydrogen) atoms. The smallest absolute Gasteiger partial charge is 0.178 e. The molecule has 1 aromatic carbocycles. The molecule has 0 aliphatic heterocycles. The van der Waals surface area contributed by atoms with Gasteiger partial charge in [0.05, 0.1) is 11.0 Å². The third kappa shape index (κ3) is 2.95. The van der Waals surface area contributed by atoms with Gasteiger partial charge in [0.15, 0.2) is 4.77 Å². The molecule has 0 atom stereocenters. The van der Waals surface area contributed by atoms with Crippen molar-refractivity contribution in [2.45, 2.75) is 20.4 Å². The summed E-state index contributed by atoms with van der Waals surface area (Å²) in [5.41, 5.74) is 2.33. The molecule has 3 nitrogen and oxygen atoms in total. The normalized spacial score (nSPS) is 11.6. The number of hydrogen-bond donors (Lipinski definition) is 1. The highest BCUT2D eigenvalue weighted by atomic mass is 127. The fourth-order valence-corrected chi connectivity index (χ4v) is 2.93. The standard InChI is InChI=1S/C13H18IN3S/c1-3-16(4-2)7-8-17-12-6-5-10(14)9-11(12)15-13(17)18/h5-6,9H,3-4,7-8H2,1-2H3,(H,15,18). The number of halogens is 1. The van der Waals surface area contributed by atoms with Crippen LogP contribution in [-0.4, -0.2) is 34.1 Å². The number of aromatic amines is 1. The minimum Gasteiger partial charge on any atom is -0.331 e. The van der Waals surface area contributed by atoms with Crippen molar-refractivity contribution in [2.24, 2.45) is 0 Å². The highest BCUT2D eigenvalue weighted by Gasteiger charge is 2.06. The van der Waals surface area contributed by atoms with Crippen LogP contribution in [-0.2, 0) is 6.54 Å².